The van der Waals surface area contributed by atoms with E-state index in [1.807, 2.05) is 0 Å². The minimum absolute atomic E-state index is 0.0426. The molecule has 4 unspecified atom stereocenters. The maximum Gasteiger partial charge on any atom is 0.344 e. The molecule has 3 aliphatic heterocycles. The number of carbonyl (C=O) groups excluding carboxylic acids is 4. The maximum absolute atomic E-state index is 12.4. The Morgan fingerprint density at radius 2 is 1.41 bits per heavy atom. The topological polar surface area (TPSA) is 221 Å². The van der Waals surface area contributed by atoms with Gasteiger partial charge in [-0.05, 0) is 10.8 Å². The Morgan fingerprint density at radius 1 is 0.931 bits per heavy atom. The fourth-order valence-electron chi connectivity index (χ4n) is 3.07. The van der Waals surface area contributed by atoms with Crippen LogP contribution in [0.4, 0.5) is 0 Å². The summed E-state index contributed by atoms with van der Waals surface area (Å²) in [4.78, 5) is 58.8. The summed E-state index contributed by atoms with van der Waals surface area (Å²) in [5.74, 6) is -7.37. The Hall–Kier alpha value is -1.73. The number of imide groups is 2. The molecule has 0 aliphatic carbocycles. The summed E-state index contributed by atoms with van der Waals surface area (Å²) in [7, 11) is -9.16. The van der Waals surface area contributed by atoms with Crippen LogP contribution in [0.3, 0.4) is 0 Å². The molecule has 3 N–H and O–H groups in total. The lowest BCUT2D eigenvalue weighted by atomic mass is 10.2. The average Bonchev–Trinajstić information content (AvgIpc) is 2.98. The number of hydrogen-bond acceptors (Lipinski definition) is 11. The molecule has 3 saturated heterocycles. The van der Waals surface area contributed by atoms with Crippen LogP contribution in [-0.2, 0) is 44.2 Å². The molecule has 3 aliphatic rings. The van der Waals surface area contributed by atoms with Gasteiger partial charge in [0.25, 0.3) is 32.1 Å². The number of aliphatic carboxylic acids is 1. The van der Waals surface area contributed by atoms with E-state index >= 15 is 0 Å². The molecule has 4 amide bonds. The number of carboxylic acid groups (broad SMARTS) is 1. The first-order valence-corrected chi connectivity index (χ1v) is 12.6. The van der Waals surface area contributed by atoms with Gasteiger partial charge in [-0.25, -0.2) is 4.79 Å². The number of likely N-dealkylation sites (tertiary alicyclic amines) is 2. The number of rotatable bonds is 5. The van der Waals surface area contributed by atoms with Crippen molar-refractivity contribution in [2.75, 3.05) is 0 Å². The number of nitrogens with zero attached hydrogens (tertiary/aromatic N) is 2. The summed E-state index contributed by atoms with van der Waals surface area (Å²) in [6.45, 7) is 0. The van der Waals surface area contributed by atoms with Gasteiger partial charge in [-0.3, -0.25) is 38.1 Å². The molecule has 0 spiro atoms. The molecule has 0 aromatic carbocycles. The van der Waals surface area contributed by atoms with Gasteiger partial charge in [0.2, 0.25) is 16.7 Å². The average molecular weight is 490 g/mol. The molecule has 0 saturated carbocycles. The zero-order valence-corrected chi connectivity index (χ0v) is 17.0. The van der Waals surface area contributed by atoms with Crippen LogP contribution in [-0.4, -0.2) is 91.2 Å². The minimum atomic E-state index is -5.05. The van der Waals surface area contributed by atoms with Crippen LogP contribution in [0.2, 0.25) is 0 Å². The Bertz CT molecular complexity index is 1070. The molecule has 3 heterocycles. The number of hydrogen-bond donors (Lipinski definition) is 3. The van der Waals surface area contributed by atoms with E-state index < -0.39 is 83.4 Å². The molecule has 18 heteroatoms. The lowest BCUT2D eigenvalue weighted by Gasteiger charge is -2.50. The van der Waals surface area contributed by atoms with Crippen LogP contribution in [0, 0.1) is 0 Å². The normalized spacial score (nSPS) is 33.4. The summed E-state index contributed by atoms with van der Waals surface area (Å²) >= 11 is 0. The van der Waals surface area contributed by atoms with Gasteiger partial charge in [-0.2, -0.15) is 16.8 Å². The fourth-order valence-corrected chi connectivity index (χ4v) is 7.62. The van der Waals surface area contributed by atoms with Gasteiger partial charge in [-0.1, -0.05) is 10.8 Å². The van der Waals surface area contributed by atoms with E-state index in [-0.39, 0.29) is 9.80 Å². The van der Waals surface area contributed by atoms with Gasteiger partial charge in [0.15, 0.2) is 10.5 Å². The predicted molar refractivity (Wildman–Crippen MR) is 93.0 cm³/mol. The van der Waals surface area contributed by atoms with E-state index in [4.69, 9.17) is 9.11 Å². The van der Waals surface area contributed by atoms with Gasteiger partial charge >= 0.3 is 5.97 Å². The van der Waals surface area contributed by atoms with Crippen LogP contribution < -0.4 is 0 Å². The Balaban J connectivity index is 2.04. The minimum Gasteiger partial charge on any atom is -0.479 e. The number of carboxylic acids is 1. The lowest BCUT2D eigenvalue weighted by molar-refractivity contribution is -0.160. The molecule has 0 radical (unpaired) electrons. The second-order valence-corrected chi connectivity index (χ2v) is 11.8. The van der Waals surface area contributed by atoms with Crippen molar-refractivity contribution in [1.82, 2.24) is 9.80 Å². The Labute approximate surface area is 169 Å². The smallest absolute Gasteiger partial charge is 0.344 e. The molecule has 3 rings (SSSR count). The highest BCUT2D eigenvalue weighted by molar-refractivity contribution is 8.80. The van der Waals surface area contributed by atoms with E-state index in [1.54, 1.807) is 0 Å². The van der Waals surface area contributed by atoms with Crippen molar-refractivity contribution in [1.29, 1.82) is 0 Å². The first-order chi connectivity index (χ1) is 13.1. The van der Waals surface area contributed by atoms with Gasteiger partial charge < -0.3 is 5.11 Å². The number of carbonyl (C=O) groups is 5. The van der Waals surface area contributed by atoms with E-state index in [9.17, 15) is 45.9 Å². The molecule has 0 bridgehead atoms. The van der Waals surface area contributed by atoms with Crippen molar-refractivity contribution < 1.29 is 55.0 Å². The second-order valence-electron chi connectivity index (χ2n) is 6.12. The monoisotopic (exact) mass is 490 g/mol. The lowest BCUT2D eigenvalue weighted by Crippen LogP contribution is -2.69. The molecule has 14 nitrogen and oxygen atoms in total. The number of amides is 4. The first kappa shape index (κ1) is 22.0. The summed E-state index contributed by atoms with van der Waals surface area (Å²) in [6, 6.07) is 0. The van der Waals surface area contributed by atoms with Gasteiger partial charge in [0, 0.05) is 0 Å². The van der Waals surface area contributed by atoms with E-state index in [0.29, 0.717) is 21.6 Å². The zero-order chi connectivity index (χ0) is 22.1. The molecule has 160 valence electrons. The first-order valence-electron chi connectivity index (χ1n) is 7.37. The van der Waals surface area contributed by atoms with Crippen molar-refractivity contribution in [3.63, 3.8) is 0 Å². The van der Waals surface area contributed by atoms with Crippen molar-refractivity contribution >= 4 is 71.4 Å². The van der Waals surface area contributed by atoms with Crippen molar-refractivity contribution in [2.24, 2.45) is 0 Å². The quantitative estimate of drug-likeness (QED) is 0.206. The predicted octanol–water partition coefficient (Wildman–Crippen LogP) is -2.48. The maximum atomic E-state index is 12.4. The molecule has 0 aromatic heterocycles. The second kappa shape index (κ2) is 6.64. The van der Waals surface area contributed by atoms with Crippen LogP contribution in [0.25, 0.3) is 0 Å². The zero-order valence-electron chi connectivity index (χ0n) is 13.7. The summed E-state index contributed by atoms with van der Waals surface area (Å²) in [5, 5.41) is 3.47. The fraction of sp³-hybridized carbons (Fsp3) is 0.545. The third kappa shape index (κ3) is 3.13. The Morgan fingerprint density at radius 3 is 1.76 bits per heavy atom. The highest BCUT2D eigenvalue weighted by atomic mass is 33.1. The molecule has 29 heavy (non-hydrogen) atoms. The van der Waals surface area contributed by atoms with E-state index in [2.05, 4.69) is 0 Å². The summed E-state index contributed by atoms with van der Waals surface area (Å²) < 4.78 is 63.4. The van der Waals surface area contributed by atoms with Crippen molar-refractivity contribution in [2.45, 2.75) is 33.6 Å². The molecular weight excluding hydrogens is 480 g/mol. The molecular formula is C11H10N2O12S4. The third-order valence-corrected chi connectivity index (χ3v) is 10.0. The summed E-state index contributed by atoms with van der Waals surface area (Å²) in [6.07, 6.45) is -2.04. The van der Waals surface area contributed by atoms with Crippen LogP contribution in [0.5, 0.6) is 0 Å². The van der Waals surface area contributed by atoms with Gasteiger partial charge in [0.05, 0.1) is 12.8 Å². The van der Waals surface area contributed by atoms with Crippen LogP contribution in [0.15, 0.2) is 0 Å². The largest absolute Gasteiger partial charge is 0.479 e. The highest BCUT2D eigenvalue weighted by Gasteiger charge is 2.71. The van der Waals surface area contributed by atoms with Crippen molar-refractivity contribution in [3.8, 4) is 0 Å². The summed E-state index contributed by atoms with van der Waals surface area (Å²) in [5.41, 5.74) is 0. The van der Waals surface area contributed by atoms with Crippen molar-refractivity contribution in [3.05, 3.63) is 0 Å². The van der Waals surface area contributed by atoms with Gasteiger partial charge in [-0.15, -0.1) is 0 Å². The van der Waals surface area contributed by atoms with Crippen LogP contribution in [0.1, 0.15) is 12.8 Å². The molecule has 0 aromatic rings. The molecule has 3 fully saturated rings. The Kier molecular flexibility index (Phi) is 5.03. The standard InChI is InChI=1S/C11H10N2O12S4/c14-5-1-3(28(20,21)22)7(16)12(5)9-11(10(18)19,27-26-9)13-6(15)2-4(8(13)17)29(23,24)25/h3-4,9H,1-2H2,(H,18,19)(H,20,21,22)(H,23,24,25). The van der Waals surface area contributed by atoms with Gasteiger partial charge in [0.1, 0.15) is 5.37 Å². The van der Waals surface area contributed by atoms with E-state index in [0.717, 1.165) is 0 Å². The SMILES string of the molecule is O=C1CC(S(=O)(=O)O)C(=O)N1C1SSC1(C(=O)O)N1C(=O)CC(S(=O)(=O)O)C1=O. The molecule has 4 atom stereocenters. The van der Waals surface area contributed by atoms with Crippen LogP contribution >= 0.6 is 21.6 Å². The third-order valence-electron chi connectivity index (χ3n) is 4.44. The van der Waals surface area contributed by atoms with E-state index in [1.165, 1.54) is 0 Å². The highest BCUT2D eigenvalue weighted by Crippen LogP contribution is 2.61.